The Balaban J connectivity index is 3.04. The van der Waals surface area contributed by atoms with Crippen molar-refractivity contribution in [3.63, 3.8) is 0 Å². The van der Waals surface area contributed by atoms with E-state index in [2.05, 4.69) is 20.5 Å². The van der Waals surface area contributed by atoms with Gasteiger partial charge in [0.25, 0.3) is 0 Å². The molecular weight excluding hydrogens is 629 g/mol. The number of rotatable bonds is 49. The molecule has 0 saturated heterocycles. The summed E-state index contributed by atoms with van der Waals surface area (Å²) in [7, 11) is 0. The van der Waals surface area contributed by atoms with Crippen molar-refractivity contribution in [1.29, 1.82) is 0 Å². The molecule has 0 saturated carbocycles. The summed E-state index contributed by atoms with van der Waals surface area (Å²) in [6.07, 6.45) is 68.0. The van der Waals surface area contributed by atoms with Gasteiger partial charge in [-0.25, -0.2) is 0 Å². The zero-order valence-corrected chi connectivity index (χ0v) is 36.9. The third-order valence-corrected chi connectivity index (χ3v) is 11.9. The van der Waals surface area contributed by atoms with E-state index in [1.807, 2.05) is 0 Å². The van der Waals surface area contributed by atoms with Crippen LogP contribution in [0.4, 0.5) is 0 Å². The lowest BCUT2D eigenvalue weighted by Crippen LogP contribution is -1.92. The van der Waals surface area contributed by atoms with E-state index in [4.69, 9.17) is 4.74 Å². The Morgan fingerprint density at radius 1 is 0.212 bits per heavy atom. The van der Waals surface area contributed by atoms with Gasteiger partial charge in [0.05, 0.1) is 6.61 Å². The van der Waals surface area contributed by atoms with E-state index in [1.54, 1.807) is 0 Å². The SMILES string of the molecule is CCCCCCCCCCCCCCCCCCCCCCCCCCC[CH]OCCCCCCCCCCCCCCCCCCCCCCC. The predicted octanol–water partition coefficient (Wildman–Crippen LogP) is 19.5. The van der Waals surface area contributed by atoms with Crippen molar-refractivity contribution in [1.82, 2.24) is 0 Å². The molecule has 0 aliphatic rings. The Hall–Kier alpha value is -0.0400. The van der Waals surface area contributed by atoms with Crippen LogP contribution in [-0.2, 0) is 4.74 Å². The Morgan fingerprint density at radius 3 is 0.596 bits per heavy atom. The summed E-state index contributed by atoms with van der Waals surface area (Å²) in [6.45, 7) is 7.67. The number of unbranched alkanes of at least 4 members (excludes halogenated alkanes) is 45. The van der Waals surface area contributed by atoms with Gasteiger partial charge in [0.1, 0.15) is 0 Å². The van der Waals surface area contributed by atoms with Crippen LogP contribution in [0.1, 0.15) is 316 Å². The Bertz CT molecular complexity index is 522. The Morgan fingerprint density at radius 2 is 0.385 bits per heavy atom. The lowest BCUT2D eigenvalue weighted by atomic mass is 10.0. The molecule has 0 aliphatic heterocycles. The van der Waals surface area contributed by atoms with Crippen molar-refractivity contribution < 1.29 is 4.74 Å². The molecule has 0 spiro atoms. The molecule has 52 heavy (non-hydrogen) atoms. The molecule has 0 aliphatic carbocycles. The monoisotopic (exact) mass is 732 g/mol. The molecule has 0 fully saturated rings. The highest BCUT2D eigenvalue weighted by atomic mass is 16.5. The van der Waals surface area contributed by atoms with E-state index in [0.717, 1.165) is 13.0 Å². The minimum Gasteiger partial charge on any atom is -0.376 e. The van der Waals surface area contributed by atoms with Crippen molar-refractivity contribution in [2.45, 2.75) is 316 Å². The zero-order chi connectivity index (χ0) is 37.4. The fourth-order valence-electron chi connectivity index (χ4n) is 8.15. The zero-order valence-electron chi connectivity index (χ0n) is 36.9. The van der Waals surface area contributed by atoms with Crippen LogP contribution in [0.5, 0.6) is 0 Å². The van der Waals surface area contributed by atoms with E-state index in [-0.39, 0.29) is 0 Å². The van der Waals surface area contributed by atoms with Crippen LogP contribution in [0, 0.1) is 6.61 Å². The summed E-state index contributed by atoms with van der Waals surface area (Å²) in [5.41, 5.74) is 0. The molecule has 0 N–H and O–H groups in total. The third-order valence-electron chi connectivity index (χ3n) is 11.9. The van der Waals surface area contributed by atoms with Crippen LogP contribution in [0.2, 0.25) is 0 Å². The first-order chi connectivity index (χ1) is 25.9. The van der Waals surface area contributed by atoms with Crippen molar-refractivity contribution >= 4 is 0 Å². The Kier molecular flexibility index (Phi) is 50.9. The number of ether oxygens (including phenoxy) is 1. The predicted molar refractivity (Wildman–Crippen MR) is 239 cm³/mol. The van der Waals surface area contributed by atoms with Gasteiger partial charge < -0.3 is 4.74 Å². The van der Waals surface area contributed by atoms with Crippen molar-refractivity contribution in [2.75, 3.05) is 6.61 Å². The average Bonchev–Trinajstić information content (AvgIpc) is 3.16. The summed E-state index contributed by atoms with van der Waals surface area (Å²) in [5.74, 6) is 0. The van der Waals surface area contributed by atoms with E-state index < -0.39 is 0 Å². The summed E-state index contributed by atoms with van der Waals surface area (Å²) in [5, 5.41) is 0. The molecule has 313 valence electrons. The topological polar surface area (TPSA) is 9.23 Å². The maximum atomic E-state index is 5.80. The summed E-state index contributed by atoms with van der Waals surface area (Å²) < 4.78 is 5.80. The molecule has 0 atom stereocenters. The lowest BCUT2D eigenvalue weighted by molar-refractivity contribution is 0.183. The molecule has 0 bridgehead atoms. The molecule has 0 unspecified atom stereocenters. The molecular formula is C51H103O. The van der Waals surface area contributed by atoms with Crippen molar-refractivity contribution in [3.8, 4) is 0 Å². The third kappa shape index (κ3) is 50.0. The van der Waals surface area contributed by atoms with Crippen LogP contribution < -0.4 is 0 Å². The van der Waals surface area contributed by atoms with Gasteiger partial charge in [-0.15, -0.1) is 0 Å². The summed E-state index contributed by atoms with van der Waals surface area (Å²) in [6, 6.07) is 0. The second-order valence-electron chi connectivity index (χ2n) is 17.4. The lowest BCUT2D eigenvalue weighted by Gasteiger charge is -2.05. The van der Waals surface area contributed by atoms with E-state index in [0.29, 0.717) is 0 Å². The normalized spacial score (nSPS) is 11.7. The minimum atomic E-state index is 0.943. The number of hydrogen-bond donors (Lipinski definition) is 0. The highest BCUT2D eigenvalue weighted by Crippen LogP contribution is 2.18. The average molecular weight is 732 g/mol. The first-order valence-corrected chi connectivity index (χ1v) is 25.3. The van der Waals surface area contributed by atoms with Gasteiger partial charge in [-0.2, -0.15) is 0 Å². The van der Waals surface area contributed by atoms with Gasteiger partial charge in [0, 0.05) is 6.61 Å². The second kappa shape index (κ2) is 51.0. The highest BCUT2D eigenvalue weighted by molar-refractivity contribution is 4.56. The van der Waals surface area contributed by atoms with Crippen LogP contribution in [0.15, 0.2) is 0 Å². The van der Waals surface area contributed by atoms with Crippen LogP contribution in [0.3, 0.4) is 0 Å². The van der Waals surface area contributed by atoms with Gasteiger partial charge in [0.2, 0.25) is 0 Å². The van der Waals surface area contributed by atoms with Gasteiger partial charge in [-0.3, -0.25) is 0 Å². The van der Waals surface area contributed by atoms with Gasteiger partial charge in [-0.05, 0) is 12.8 Å². The molecule has 0 rings (SSSR count). The van der Waals surface area contributed by atoms with Gasteiger partial charge in [-0.1, -0.05) is 303 Å². The van der Waals surface area contributed by atoms with Crippen LogP contribution in [0.25, 0.3) is 0 Å². The van der Waals surface area contributed by atoms with E-state index >= 15 is 0 Å². The van der Waals surface area contributed by atoms with Gasteiger partial charge in [0.15, 0.2) is 0 Å². The quantitative estimate of drug-likeness (QED) is 0.0566. The molecule has 0 aromatic heterocycles. The summed E-state index contributed by atoms with van der Waals surface area (Å²) >= 11 is 0. The second-order valence-corrected chi connectivity index (χ2v) is 17.4. The molecule has 1 heteroatoms. The summed E-state index contributed by atoms with van der Waals surface area (Å²) in [4.78, 5) is 0. The molecule has 0 aromatic carbocycles. The largest absolute Gasteiger partial charge is 0.376 e. The van der Waals surface area contributed by atoms with Crippen molar-refractivity contribution in [2.24, 2.45) is 0 Å². The standard InChI is InChI=1S/C51H103O/c1-3-5-7-9-11-13-15-17-19-21-23-25-26-27-28-29-31-33-35-37-39-41-43-45-47-49-51-52-50-48-46-44-42-40-38-36-34-32-30-24-22-20-18-16-14-12-10-8-6-4-2/h51H,3-50H2,1-2H3. The molecule has 1 nitrogen and oxygen atoms in total. The molecule has 0 amide bonds. The molecule has 0 aromatic rings. The molecule has 0 heterocycles. The first-order valence-electron chi connectivity index (χ1n) is 25.3. The maximum Gasteiger partial charge on any atom is 0.0836 e. The van der Waals surface area contributed by atoms with E-state index in [1.165, 1.54) is 295 Å². The van der Waals surface area contributed by atoms with E-state index in [9.17, 15) is 0 Å². The fourth-order valence-corrected chi connectivity index (χ4v) is 8.15. The first kappa shape index (κ1) is 52.0. The molecule has 1 radical (unpaired) electrons. The number of hydrogen-bond acceptors (Lipinski definition) is 1. The smallest absolute Gasteiger partial charge is 0.0836 e. The van der Waals surface area contributed by atoms with Crippen LogP contribution in [-0.4, -0.2) is 6.61 Å². The van der Waals surface area contributed by atoms with Crippen LogP contribution >= 0.6 is 0 Å². The van der Waals surface area contributed by atoms with Gasteiger partial charge >= 0.3 is 0 Å². The highest BCUT2D eigenvalue weighted by Gasteiger charge is 1.99. The maximum absolute atomic E-state index is 5.80. The minimum absolute atomic E-state index is 0.943. The van der Waals surface area contributed by atoms with Crippen molar-refractivity contribution in [3.05, 3.63) is 6.61 Å². The Labute approximate surface area is 332 Å². The fraction of sp³-hybridized carbons (Fsp3) is 0.980.